The minimum Gasteiger partial charge on any atom is -0.283 e. The van der Waals surface area contributed by atoms with Gasteiger partial charge in [-0.1, -0.05) is 77.8 Å². The number of thioether (sulfide) groups is 1. The molecule has 38 heavy (non-hydrogen) atoms. The van der Waals surface area contributed by atoms with Gasteiger partial charge in [0.1, 0.15) is 0 Å². The number of nitrogens with zero attached hydrogens (tertiary/aromatic N) is 5. The molecule has 0 atom stereocenters. The van der Waals surface area contributed by atoms with E-state index >= 15 is 0 Å². The van der Waals surface area contributed by atoms with Crippen LogP contribution in [0.25, 0.3) is 11.8 Å². The molecular weight excluding hydrogens is 541 g/mol. The van der Waals surface area contributed by atoms with E-state index in [1.165, 1.54) is 15.9 Å². The summed E-state index contributed by atoms with van der Waals surface area (Å²) < 4.78 is 3.27. The van der Waals surface area contributed by atoms with Crippen LogP contribution in [0.1, 0.15) is 16.8 Å². The Bertz CT molecular complexity index is 1690. The number of para-hydroxylation sites is 1. The number of halogens is 2. The molecule has 1 aromatic heterocycles. The quantitative estimate of drug-likeness (QED) is 0.208. The molecule has 1 aliphatic rings. The Balaban J connectivity index is 1.62. The van der Waals surface area contributed by atoms with Gasteiger partial charge in [0, 0.05) is 22.7 Å². The molecule has 3 aromatic carbocycles. The first-order chi connectivity index (χ1) is 18.3. The number of benzene rings is 3. The summed E-state index contributed by atoms with van der Waals surface area (Å²) in [7, 11) is 1.79. The fraction of sp³-hybridized carbons (Fsp3) is 0.0714. The summed E-state index contributed by atoms with van der Waals surface area (Å²) in [5.41, 5.74) is 2.57. The summed E-state index contributed by atoms with van der Waals surface area (Å²) in [6.45, 7) is 1.81. The van der Waals surface area contributed by atoms with Crippen molar-refractivity contribution in [1.82, 2.24) is 14.4 Å². The zero-order valence-corrected chi connectivity index (χ0v) is 22.7. The van der Waals surface area contributed by atoms with Gasteiger partial charge in [0.25, 0.3) is 11.5 Å². The Labute approximate surface area is 233 Å². The minimum absolute atomic E-state index is 0.212. The molecule has 0 bridgehead atoms. The van der Waals surface area contributed by atoms with E-state index in [-0.39, 0.29) is 16.4 Å². The van der Waals surface area contributed by atoms with E-state index in [9.17, 15) is 9.59 Å². The van der Waals surface area contributed by atoms with E-state index in [0.717, 1.165) is 11.8 Å². The average molecular weight is 562 g/mol. The van der Waals surface area contributed by atoms with Crippen molar-refractivity contribution in [2.75, 3.05) is 0 Å². The number of aromatic nitrogens is 2. The molecule has 0 unspecified atom stereocenters. The molecule has 10 heteroatoms. The van der Waals surface area contributed by atoms with Gasteiger partial charge in [-0.25, -0.2) is 9.67 Å². The van der Waals surface area contributed by atoms with Crippen LogP contribution in [0.15, 0.2) is 98.7 Å². The molecule has 1 aliphatic heterocycles. The third kappa shape index (κ3) is 4.98. The van der Waals surface area contributed by atoms with Gasteiger partial charge in [-0.3, -0.25) is 14.3 Å². The summed E-state index contributed by atoms with van der Waals surface area (Å²) in [4.78, 5) is 32.0. The zero-order chi connectivity index (χ0) is 26.8. The van der Waals surface area contributed by atoms with Crippen LogP contribution in [0, 0.1) is 6.92 Å². The van der Waals surface area contributed by atoms with Gasteiger partial charge in [0.2, 0.25) is 0 Å². The largest absolute Gasteiger partial charge is 0.297 e. The van der Waals surface area contributed by atoms with Crippen molar-refractivity contribution < 1.29 is 4.79 Å². The second-order valence-corrected chi connectivity index (χ2v) is 10.1. The SMILES string of the molecule is Cc1c(N=C2S/C(=C\c3ccccc3Cl)C(=O)N2/N=C\c2ccccc2Cl)c(=O)n(-c2ccccc2)n1C. The van der Waals surface area contributed by atoms with Gasteiger partial charge in [-0.05, 0) is 54.6 Å². The lowest BCUT2D eigenvalue weighted by Gasteiger charge is -2.08. The van der Waals surface area contributed by atoms with Crippen LogP contribution in [-0.4, -0.2) is 31.7 Å². The Morgan fingerprint density at radius 3 is 2.11 bits per heavy atom. The molecule has 1 fully saturated rings. The van der Waals surface area contributed by atoms with E-state index in [4.69, 9.17) is 23.2 Å². The molecule has 0 spiro atoms. The topological polar surface area (TPSA) is 72.0 Å². The summed E-state index contributed by atoms with van der Waals surface area (Å²) in [5.74, 6) is -0.394. The van der Waals surface area contributed by atoms with Gasteiger partial charge in [0.05, 0.1) is 22.5 Å². The smallest absolute Gasteiger partial charge is 0.283 e. The predicted molar refractivity (Wildman–Crippen MR) is 156 cm³/mol. The molecule has 0 N–H and O–H groups in total. The van der Waals surface area contributed by atoms with Crippen molar-refractivity contribution >= 4 is 64.0 Å². The van der Waals surface area contributed by atoms with Crippen molar-refractivity contribution in [3.63, 3.8) is 0 Å². The Kier molecular flexibility index (Phi) is 7.37. The summed E-state index contributed by atoms with van der Waals surface area (Å²) in [6, 6.07) is 23.7. The summed E-state index contributed by atoms with van der Waals surface area (Å²) >= 11 is 13.7. The third-order valence-corrected chi connectivity index (χ3v) is 7.57. The van der Waals surface area contributed by atoms with Crippen molar-refractivity contribution in [1.29, 1.82) is 0 Å². The first-order valence-electron chi connectivity index (χ1n) is 11.5. The Hall–Kier alpha value is -3.85. The van der Waals surface area contributed by atoms with Gasteiger partial charge in [0.15, 0.2) is 10.9 Å². The molecule has 0 radical (unpaired) electrons. The van der Waals surface area contributed by atoms with E-state index in [0.29, 0.717) is 37.5 Å². The predicted octanol–water partition coefficient (Wildman–Crippen LogP) is 6.43. The first-order valence-corrected chi connectivity index (χ1v) is 13.1. The number of rotatable bonds is 5. The highest BCUT2D eigenvalue weighted by atomic mass is 35.5. The fourth-order valence-corrected chi connectivity index (χ4v) is 5.14. The lowest BCUT2D eigenvalue weighted by Crippen LogP contribution is -2.24. The van der Waals surface area contributed by atoms with Crippen LogP contribution < -0.4 is 5.56 Å². The monoisotopic (exact) mass is 561 g/mol. The molecule has 5 rings (SSSR count). The minimum atomic E-state index is -0.394. The van der Waals surface area contributed by atoms with E-state index in [1.807, 2.05) is 60.7 Å². The lowest BCUT2D eigenvalue weighted by molar-refractivity contribution is -0.122. The van der Waals surface area contributed by atoms with Crippen molar-refractivity contribution in [3.05, 3.63) is 121 Å². The molecule has 2 heterocycles. The van der Waals surface area contributed by atoms with Gasteiger partial charge >= 0.3 is 0 Å². The van der Waals surface area contributed by atoms with Crippen molar-refractivity contribution in [3.8, 4) is 5.69 Å². The highest BCUT2D eigenvalue weighted by Crippen LogP contribution is 2.35. The molecule has 190 valence electrons. The van der Waals surface area contributed by atoms with Crippen LogP contribution in [-0.2, 0) is 11.8 Å². The fourth-order valence-electron chi connectivity index (χ4n) is 3.85. The van der Waals surface area contributed by atoms with Crippen molar-refractivity contribution in [2.24, 2.45) is 17.1 Å². The normalized spacial score (nSPS) is 15.9. The number of carbonyl (C=O) groups excluding carboxylic acids is 1. The average Bonchev–Trinajstić information content (AvgIpc) is 3.32. The van der Waals surface area contributed by atoms with Crippen LogP contribution >= 0.6 is 35.0 Å². The lowest BCUT2D eigenvalue weighted by atomic mass is 10.2. The van der Waals surface area contributed by atoms with Gasteiger partial charge in [-0.2, -0.15) is 10.1 Å². The van der Waals surface area contributed by atoms with Gasteiger partial charge in [-0.15, -0.1) is 0 Å². The second-order valence-electron chi connectivity index (χ2n) is 8.32. The number of hydrogen-bond acceptors (Lipinski definition) is 5. The maximum atomic E-state index is 13.5. The molecule has 4 aromatic rings. The van der Waals surface area contributed by atoms with Crippen molar-refractivity contribution in [2.45, 2.75) is 6.92 Å². The number of amides is 1. The number of amidine groups is 1. The number of aliphatic imine (C=N–C) groups is 1. The molecule has 7 nitrogen and oxygen atoms in total. The summed E-state index contributed by atoms with van der Waals surface area (Å²) in [6.07, 6.45) is 3.19. The first kappa shape index (κ1) is 25.8. The number of hydrogen-bond donors (Lipinski definition) is 0. The number of carbonyl (C=O) groups is 1. The molecule has 0 aliphatic carbocycles. The standard InChI is InChI=1S/C28H21Cl2N5O2S/c1-18-25(27(37)35(33(18)2)21-12-4-3-5-13-21)32-28-34(31-17-20-11-7-9-15-23(20)30)26(36)24(38-28)16-19-10-6-8-14-22(19)29/h3-17H,1-2H3/b24-16-,31-17-,32-28?. The van der Waals surface area contributed by atoms with Crippen LogP contribution in [0.4, 0.5) is 5.69 Å². The highest BCUT2D eigenvalue weighted by Gasteiger charge is 2.34. The Morgan fingerprint density at radius 1 is 0.842 bits per heavy atom. The van der Waals surface area contributed by atoms with E-state index in [1.54, 1.807) is 42.9 Å². The number of hydrazone groups is 1. The maximum absolute atomic E-state index is 13.5. The summed E-state index contributed by atoms with van der Waals surface area (Å²) in [5, 5.41) is 6.82. The molecular formula is C28H21Cl2N5O2S. The Morgan fingerprint density at radius 2 is 1.45 bits per heavy atom. The maximum Gasteiger partial charge on any atom is 0.297 e. The second kappa shape index (κ2) is 10.9. The zero-order valence-electron chi connectivity index (χ0n) is 20.4. The molecule has 1 amide bonds. The molecule has 1 saturated heterocycles. The highest BCUT2D eigenvalue weighted by molar-refractivity contribution is 8.18. The van der Waals surface area contributed by atoms with Crippen LogP contribution in [0.3, 0.4) is 0 Å². The third-order valence-electron chi connectivity index (χ3n) is 5.93. The van der Waals surface area contributed by atoms with Crippen LogP contribution in [0.2, 0.25) is 10.0 Å². The van der Waals surface area contributed by atoms with Crippen LogP contribution in [0.5, 0.6) is 0 Å². The van der Waals surface area contributed by atoms with E-state index in [2.05, 4.69) is 10.1 Å². The van der Waals surface area contributed by atoms with Gasteiger partial charge < -0.3 is 0 Å². The van der Waals surface area contributed by atoms with E-state index < -0.39 is 5.91 Å². The molecule has 0 saturated carbocycles.